The zero-order valence-corrected chi connectivity index (χ0v) is 33.8. The monoisotopic (exact) mass is 758 g/mol. The first-order chi connectivity index (χ1) is 24.7. The fourth-order valence-electron chi connectivity index (χ4n) is 6.08. The van der Waals surface area contributed by atoms with Crippen LogP contribution >= 0.6 is 7.82 Å². The number of aliphatic hydroxyl groups is 4. The van der Waals surface area contributed by atoms with Gasteiger partial charge in [-0.15, -0.1) is 0 Å². The number of unbranched alkanes of at least 4 members (excludes halogenated alkanes) is 9. The first kappa shape index (κ1) is 48.4. The van der Waals surface area contributed by atoms with Crippen molar-refractivity contribution in [2.24, 2.45) is 11.8 Å². The molecule has 0 radical (unpaired) electrons. The summed E-state index contributed by atoms with van der Waals surface area (Å²) in [6, 6.07) is -1.01. The number of phosphoric ester groups is 1. The van der Waals surface area contributed by atoms with Gasteiger partial charge in [0, 0.05) is 18.8 Å². The largest absolute Gasteiger partial charge is 0.472 e. The second-order valence-corrected chi connectivity index (χ2v) is 16.7. The molecule has 52 heavy (non-hydrogen) atoms. The second-order valence-electron chi connectivity index (χ2n) is 15.3. The molecule has 0 spiro atoms. The molecule has 302 valence electrons. The summed E-state index contributed by atoms with van der Waals surface area (Å²) in [5.41, 5.74) is 0. The van der Waals surface area contributed by atoms with Gasteiger partial charge in [-0.05, 0) is 44.4 Å². The first-order valence-corrected chi connectivity index (χ1v) is 21.3. The summed E-state index contributed by atoms with van der Waals surface area (Å²) in [7, 11) is 1.35. The molecule has 1 aliphatic rings. The van der Waals surface area contributed by atoms with Crippen molar-refractivity contribution >= 4 is 13.7 Å². The van der Waals surface area contributed by atoms with Gasteiger partial charge in [-0.3, -0.25) is 13.8 Å². The van der Waals surface area contributed by atoms with Crippen LogP contribution in [0.4, 0.5) is 0 Å². The van der Waals surface area contributed by atoms with E-state index >= 15 is 0 Å². The van der Waals surface area contributed by atoms with Crippen LogP contribution in [-0.2, 0) is 18.4 Å². The lowest BCUT2D eigenvalue weighted by molar-refractivity contribution is -0.870. The maximum atomic E-state index is 12.9. The number of rotatable bonds is 30. The highest BCUT2D eigenvalue weighted by atomic mass is 31.2. The maximum Gasteiger partial charge on any atom is 0.472 e. The average molecular weight is 758 g/mol. The number of nitrogens with zero attached hydrogens (tertiary/aromatic N) is 1. The lowest BCUT2D eigenvalue weighted by Gasteiger charge is -2.25. The summed E-state index contributed by atoms with van der Waals surface area (Å²) in [6.07, 6.45) is 26.0. The van der Waals surface area contributed by atoms with Gasteiger partial charge < -0.3 is 35.1 Å². The molecular weight excluding hydrogens is 683 g/mol. The Labute approximate surface area is 315 Å². The summed E-state index contributed by atoms with van der Waals surface area (Å²) in [4.78, 5) is 23.2. The number of aliphatic hydroxyl groups excluding tert-OH is 4. The van der Waals surface area contributed by atoms with Crippen molar-refractivity contribution in [1.29, 1.82) is 0 Å². The van der Waals surface area contributed by atoms with Crippen LogP contribution in [0.1, 0.15) is 117 Å². The Kier molecular flexibility index (Phi) is 25.9. The van der Waals surface area contributed by atoms with Crippen LogP contribution < -0.4 is 5.32 Å². The standard InChI is InChI=1S/C40H73N2O9P/c1-6-8-10-11-12-13-14-15-16-17-18-20-25-37(44)36(32-51-52(48,49)50-30-29-42(3,4)5)41-40(47)26-22-21-24-34-35(39(46)31-38(34)45)28-27-33(43)23-19-9-7-2/h15-16,20-22,25,27-28,33-39,43-46H,6-14,17-19,23-24,26,29-32H2,1-5H3,(H-,41,47,48,49)/p+1/b16-15-,22-21-,25-20+,28-27+/t33-,34+,35-,36+,37-,38+,39-/m1/s1. The lowest BCUT2D eigenvalue weighted by atomic mass is 9.89. The van der Waals surface area contributed by atoms with Crippen molar-refractivity contribution in [2.45, 2.75) is 147 Å². The van der Waals surface area contributed by atoms with E-state index in [-0.39, 0.29) is 31.3 Å². The Morgan fingerprint density at radius 3 is 2.21 bits per heavy atom. The van der Waals surface area contributed by atoms with Crippen molar-refractivity contribution in [1.82, 2.24) is 5.32 Å². The van der Waals surface area contributed by atoms with Gasteiger partial charge >= 0.3 is 7.82 Å². The van der Waals surface area contributed by atoms with Crippen LogP contribution in [0.15, 0.2) is 48.6 Å². The molecule has 1 unspecified atom stereocenters. The van der Waals surface area contributed by atoms with Gasteiger partial charge in [-0.2, -0.15) is 0 Å². The third-order valence-corrected chi connectivity index (χ3v) is 10.4. The van der Waals surface area contributed by atoms with E-state index < -0.39 is 50.8 Å². The van der Waals surface area contributed by atoms with E-state index in [0.29, 0.717) is 30.3 Å². The SMILES string of the molecule is CCCCCCCC/C=C\CC/C=C/[C@@H](O)[C@H](COP(=O)(O)OCC[N+](C)(C)C)NC(=O)C/C=C\C[C@H]1[C@@H](/C=C/[C@H](O)CCCCC)[C@H](O)C[C@@H]1O. The smallest absolute Gasteiger partial charge is 0.393 e. The van der Waals surface area contributed by atoms with E-state index in [1.165, 1.54) is 38.5 Å². The highest BCUT2D eigenvalue weighted by molar-refractivity contribution is 7.47. The fraction of sp³-hybridized carbons (Fsp3) is 0.775. The highest BCUT2D eigenvalue weighted by Gasteiger charge is 2.39. The van der Waals surface area contributed by atoms with Crippen LogP contribution in [0.2, 0.25) is 0 Å². The molecule has 1 rings (SSSR count). The molecule has 1 fully saturated rings. The summed E-state index contributed by atoms with van der Waals surface area (Å²) in [5.74, 6) is -0.998. The van der Waals surface area contributed by atoms with Gasteiger partial charge in [0.2, 0.25) is 5.91 Å². The molecule has 0 aliphatic heterocycles. The van der Waals surface area contributed by atoms with Crippen molar-refractivity contribution in [3.63, 3.8) is 0 Å². The van der Waals surface area contributed by atoms with Crippen molar-refractivity contribution in [3.8, 4) is 0 Å². The summed E-state index contributed by atoms with van der Waals surface area (Å²) in [6.45, 7) is 4.36. The first-order valence-electron chi connectivity index (χ1n) is 19.8. The third kappa shape index (κ3) is 23.9. The maximum absolute atomic E-state index is 12.9. The van der Waals surface area contributed by atoms with E-state index in [4.69, 9.17) is 9.05 Å². The normalized spacial score (nSPS) is 22.9. The molecule has 0 saturated heterocycles. The molecule has 0 aromatic rings. The summed E-state index contributed by atoms with van der Waals surface area (Å²) in [5, 5.41) is 45.1. The third-order valence-electron chi connectivity index (χ3n) is 9.37. The number of hydrogen-bond acceptors (Lipinski definition) is 8. The molecule has 1 amide bonds. The minimum atomic E-state index is -4.43. The Balaban J connectivity index is 2.75. The van der Waals surface area contributed by atoms with Gasteiger partial charge in [0.05, 0.1) is 58.2 Å². The average Bonchev–Trinajstić information content (AvgIpc) is 3.34. The van der Waals surface area contributed by atoms with Crippen LogP contribution in [0.5, 0.6) is 0 Å². The Morgan fingerprint density at radius 1 is 0.846 bits per heavy atom. The summed E-state index contributed by atoms with van der Waals surface area (Å²) >= 11 is 0. The highest BCUT2D eigenvalue weighted by Crippen LogP contribution is 2.43. The quantitative estimate of drug-likeness (QED) is 0.0208. The molecule has 1 saturated carbocycles. The number of amides is 1. The molecule has 0 aromatic carbocycles. The van der Waals surface area contributed by atoms with Gasteiger partial charge in [-0.1, -0.05) is 114 Å². The van der Waals surface area contributed by atoms with E-state index in [9.17, 15) is 34.7 Å². The number of carbonyl (C=O) groups is 1. The molecular formula is C40H74N2O9P+. The molecule has 8 atom stereocenters. The summed E-state index contributed by atoms with van der Waals surface area (Å²) < 4.78 is 23.4. The van der Waals surface area contributed by atoms with Gasteiger partial charge in [0.15, 0.2) is 0 Å². The van der Waals surface area contributed by atoms with E-state index in [0.717, 1.165) is 32.1 Å². The zero-order valence-electron chi connectivity index (χ0n) is 32.9. The van der Waals surface area contributed by atoms with E-state index in [2.05, 4.69) is 31.3 Å². The zero-order chi connectivity index (χ0) is 38.8. The molecule has 0 heterocycles. The number of phosphoric acid groups is 1. The number of nitrogens with one attached hydrogen (secondary N) is 1. The lowest BCUT2D eigenvalue weighted by Crippen LogP contribution is -2.45. The number of hydrogen-bond donors (Lipinski definition) is 6. The minimum Gasteiger partial charge on any atom is -0.393 e. The van der Waals surface area contributed by atoms with Gasteiger partial charge in [0.25, 0.3) is 0 Å². The Hall–Kier alpha value is -1.66. The van der Waals surface area contributed by atoms with Crippen LogP contribution in [0.25, 0.3) is 0 Å². The molecule has 11 nitrogen and oxygen atoms in total. The number of carbonyl (C=O) groups excluding carboxylic acids is 1. The molecule has 12 heteroatoms. The number of allylic oxidation sites excluding steroid dienone is 4. The van der Waals surface area contributed by atoms with Crippen molar-refractivity contribution < 1.29 is 48.2 Å². The van der Waals surface area contributed by atoms with Crippen LogP contribution in [-0.4, -0.2) is 107 Å². The Morgan fingerprint density at radius 2 is 1.50 bits per heavy atom. The predicted molar refractivity (Wildman–Crippen MR) is 209 cm³/mol. The topological polar surface area (TPSA) is 166 Å². The number of quaternary nitrogens is 1. The fourth-order valence-corrected chi connectivity index (χ4v) is 6.82. The molecule has 6 N–H and O–H groups in total. The molecule has 0 aromatic heterocycles. The van der Waals surface area contributed by atoms with Crippen LogP contribution in [0, 0.1) is 11.8 Å². The van der Waals surface area contributed by atoms with Crippen molar-refractivity contribution in [3.05, 3.63) is 48.6 Å². The second kappa shape index (κ2) is 27.9. The Bertz CT molecular complexity index is 1110. The van der Waals surface area contributed by atoms with Gasteiger partial charge in [-0.25, -0.2) is 4.57 Å². The van der Waals surface area contributed by atoms with Crippen molar-refractivity contribution in [2.75, 3.05) is 40.9 Å². The predicted octanol–water partition coefficient (Wildman–Crippen LogP) is 6.51. The molecule has 0 bridgehead atoms. The van der Waals surface area contributed by atoms with E-state index in [1.54, 1.807) is 30.4 Å². The van der Waals surface area contributed by atoms with Crippen LogP contribution in [0.3, 0.4) is 0 Å². The van der Waals surface area contributed by atoms with Gasteiger partial charge in [0.1, 0.15) is 13.2 Å². The molecule has 1 aliphatic carbocycles. The minimum absolute atomic E-state index is 0.00314. The van der Waals surface area contributed by atoms with E-state index in [1.807, 2.05) is 27.2 Å². The number of likely N-dealkylation sites (N-methyl/N-ethyl adjacent to an activating group) is 1.